The van der Waals surface area contributed by atoms with Crippen LogP contribution in [0.4, 0.5) is 10.2 Å². The molecule has 0 saturated carbocycles. The zero-order valence-electron chi connectivity index (χ0n) is 10.4. The molecular formula is C13H14ClFN4. The van der Waals surface area contributed by atoms with Crippen molar-refractivity contribution < 1.29 is 4.39 Å². The lowest BCUT2D eigenvalue weighted by Crippen LogP contribution is -2.39. The Morgan fingerprint density at radius 2 is 2.32 bits per heavy atom. The van der Waals surface area contributed by atoms with Crippen molar-refractivity contribution in [3.05, 3.63) is 34.8 Å². The van der Waals surface area contributed by atoms with Crippen LogP contribution in [0.5, 0.6) is 0 Å². The van der Waals surface area contributed by atoms with Crippen LogP contribution in [-0.2, 0) is 0 Å². The number of anilines is 1. The summed E-state index contributed by atoms with van der Waals surface area (Å²) >= 11 is 5.80. The molecule has 0 aromatic carbocycles. The molecule has 1 aliphatic carbocycles. The Morgan fingerprint density at radius 3 is 2.84 bits per heavy atom. The molecule has 0 aliphatic heterocycles. The summed E-state index contributed by atoms with van der Waals surface area (Å²) in [5.74, 6) is -0.150. The van der Waals surface area contributed by atoms with Gasteiger partial charge in [-0.3, -0.25) is 0 Å². The maximum absolute atomic E-state index is 13.8. The maximum Gasteiger partial charge on any atom is 0.166 e. The van der Waals surface area contributed by atoms with Gasteiger partial charge in [0.25, 0.3) is 0 Å². The summed E-state index contributed by atoms with van der Waals surface area (Å²) in [5, 5.41) is 11.7. The highest BCUT2D eigenvalue weighted by molar-refractivity contribution is 6.30. The summed E-state index contributed by atoms with van der Waals surface area (Å²) in [6.45, 7) is 1.85. The van der Waals surface area contributed by atoms with Crippen LogP contribution < -0.4 is 11.1 Å². The monoisotopic (exact) mass is 280 g/mol. The van der Waals surface area contributed by atoms with Crippen molar-refractivity contribution in [2.45, 2.75) is 25.4 Å². The van der Waals surface area contributed by atoms with Crippen molar-refractivity contribution in [2.24, 2.45) is 11.7 Å². The molecule has 0 radical (unpaired) electrons. The van der Waals surface area contributed by atoms with E-state index >= 15 is 0 Å². The molecule has 0 bridgehead atoms. The minimum absolute atomic E-state index is 0.0145. The maximum atomic E-state index is 13.8. The molecule has 6 heteroatoms. The summed E-state index contributed by atoms with van der Waals surface area (Å²) in [6, 6.07) is 2.60. The molecule has 1 aliphatic rings. The third kappa shape index (κ3) is 3.43. The van der Waals surface area contributed by atoms with Crippen LogP contribution in [0.2, 0.25) is 5.15 Å². The van der Waals surface area contributed by atoms with Gasteiger partial charge in [0.05, 0.1) is 5.56 Å². The summed E-state index contributed by atoms with van der Waals surface area (Å²) in [5.41, 5.74) is 5.90. The summed E-state index contributed by atoms with van der Waals surface area (Å²) in [6.07, 6.45) is 4.91. The molecule has 0 saturated heterocycles. The second kappa shape index (κ2) is 5.55. The van der Waals surface area contributed by atoms with Crippen LogP contribution >= 0.6 is 11.6 Å². The summed E-state index contributed by atoms with van der Waals surface area (Å²) in [4.78, 5) is 3.87. The van der Waals surface area contributed by atoms with Gasteiger partial charge in [-0.1, -0.05) is 23.8 Å². The predicted molar refractivity (Wildman–Crippen MR) is 72.2 cm³/mol. The second-order valence-corrected chi connectivity index (χ2v) is 5.02. The van der Waals surface area contributed by atoms with Gasteiger partial charge in [0, 0.05) is 12.1 Å². The smallest absolute Gasteiger partial charge is 0.166 e. The van der Waals surface area contributed by atoms with Crippen LogP contribution in [0, 0.1) is 23.1 Å². The van der Waals surface area contributed by atoms with E-state index in [0.29, 0.717) is 5.92 Å². The number of allylic oxidation sites excluding steroid dienone is 2. The fourth-order valence-corrected chi connectivity index (χ4v) is 1.94. The minimum atomic E-state index is -0.602. The number of halogens is 2. The quantitative estimate of drug-likeness (QED) is 0.642. The molecule has 2 rings (SSSR count). The lowest BCUT2D eigenvalue weighted by Gasteiger charge is -2.23. The highest BCUT2D eigenvalue weighted by atomic mass is 35.5. The van der Waals surface area contributed by atoms with Crippen molar-refractivity contribution in [2.75, 3.05) is 5.32 Å². The average molecular weight is 281 g/mol. The van der Waals surface area contributed by atoms with E-state index in [-0.39, 0.29) is 28.6 Å². The SMILES string of the molecule is C[C@H](N)[C@@H](CC1C=C1)Nc1nc(Cl)c(C#N)cc1F. The minimum Gasteiger partial charge on any atom is -0.363 e. The standard InChI is InChI=1S/C13H14ClFN4/c1-7(17)11(4-8-2-3-8)18-13-10(15)5-9(6-16)12(14)19-13/h2-3,5,7-8,11H,4,17H2,1H3,(H,18,19)/t7-,11+/m0/s1. The average Bonchev–Trinajstić information content (AvgIpc) is 3.16. The van der Waals surface area contributed by atoms with Crippen LogP contribution in [0.3, 0.4) is 0 Å². The summed E-state index contributed by atoms with van der Waals surface area (Å²) < 4.78 is 13.8. The van der Waals surface area contributed by atoms with E-state index in [1.807, 2.05) is 6.92 Å². The van der Waals surface area contributed by atoms with Crippen LogP contribution in [0.1, 0.15) is 18.9 Å². The number of nitriles is 1. The normalized spacial score (nSPS) is 16.8. The third-order valence-corrected chi connectivity index (χ3v) is 3.29. The van der Waals surface area contributed by atoms with Crippen molar-refractivity contribution in [1.82, 2.24) is 4.98 Å². The molecule has 0 fully saturated rings. The van der Waals surface area contributed by atoms with Gasteiger partial charge >= 0.3 is 0 Å². The van der Waals surface area contributed by atoms with E-state index in [1.54, 1.807) is 6.07 Å². The van der Waals surface area contributed by atoms with Crippen molar-refractivity contribution in [3.63, 3.8) is 0 Å². The Labute approximate surface area is 116 Å². The fraction of sp³-hybridized carbons (Fsp3) is 0.385. The van der Waals surface area contributed by atoms with Gasteiger partial charge in [0.1, 0.15) is 11.2 Å². The van der Waals surface area contributed by atoms with Crippen molar-refractivity contribution in [1.29, 1.82) is 5.26 Å². The molecule has 1 heterocycles. The van der Waals surface area contributed by atoms with Gasteiger partial charge in [-0.05, 0) is 25.3 Å². The molecule has 2 atom stereocenters. The van der Waals surface area contributed by atoms with Gasteiger partial charge in [-0.15, -0.1) is 0 Å². The number of nitrogens with one attached hydrogen (secondary N) is 1. The Kier molecular flexibility index (Phi) is 4.03. The molecule has 1 aromatic heterocycles. The molecular weight excluding hydrogens is 267 g/mol. The van der Waals surface area contributed by atoms with Crippen molar-refractivity contribution >= 4 is 17.4 Å². The Hall–Kier alpha value is -1.64. The number of hydrogen-bond donors (Lipinski definition) is 2. The van der Waals surface area contributed by atoms with Crippen LogP contribution in [0.15, 0.2) is 18.2 Å². The lowest BCUT2D eigenvalue weighted by atomic mass is 10.0. The van der Waals surface area contributed by atoms with Crippen LogP contribution in [-0.4, -0.2) is 17.1 Å². The molecule has 0 unspecified atom stereocenters. The Bertz CT molecular complexity index is 544. The fourth-order valence-electron chi connectivity index (χ4n) is 1.76. The Balaban J connectivity index is 2.16. The first-order valence-corrected chi connectivity index (χ1v) is 6.35. The van der Waals surface area contributed by atoms with Gasteiger partial charge in [0.2, 0.25) is 0 Å². The number of nitrogens with two attached hydrogens (primary N) is 1. The van der Waals surface area contributed by atoms with E-state index in [0.717, 1.165) is 12.5 Å². The van der Waals surface area contributed by atoms with Gasteiger partial charge < -0.3 is 11.1 Å². The first kappa shape index (κ1) is 13.8. The number of hydrogen-bond acceptors (Lipinski definition) is 4. The van der Waals surface area contributed by atoms with Crippen molar-refractivity contribution in [3.8, 4) is 6.07 Å². The highest BCUT2D eigenvalue weighted by Crippen LogP contribution is 2.26. The predicted octanol–water partition coefficient (Wildman–Crippen LogP) is 2.45. The number of nitrogens with zero attached hydrogens (tertiary/aromatic N) is 2. The van der Waals surface area contributed by atoms with E-state index in [1.165, 1.54) is 0 Å². The number of rotatable bonds is 5. The number of aromatic nitrogens is 1. The van der Waals surface area contributed by atoms with Gasteiger partial charge in [0.15, 0.2) is 11.6 Å². The van der Waals surface area contributed by atoms with Gasteiger partial charge in [-0.25, -0.2) is 9.37 Å². The van der Waals surface area contributed by atoms with E-state index < -0.39 is 5.82 Å². The molecule has 100 valence electrons. The third-order valence-electron chi connectivity index (χ3n) is 3.00. The van der Waals surface area contributed by atoms with E-state index in [2.05, 4.69) is 22.5 Å². The molecule has 19 heavy (non-hydrogen) atoms. The molecule has 4 nitrogen and oxygen atoms in total. The zero-order valence-corrected chi connectivity index (χ0v) is 11.2. The van der Waals surface area contributed by atoms with Gasteiger partial charge in [-0.2, -0.15) is 5.26 Å². The topological polar surface area (TPSA) is 74.7 Å². The molecule has 0 spiro atoms. The second-order valence-electron chi connectivity index (χ2n) is 4.66. The van der Waals surface area contributed by atoms with Crippen LogP contribution in [0.25, 0.3) is 0 Å². The number of pyridine rings is 1. The Morgan fingerprint density at radius 1 is 1.63 bits per heavy atom. The van der Waals surface area contributed by atoms with E-state index in [9.17, 15) is 4.39 Å². The first-order valence-electron chi connectivity index (χ1n) is 5.98. The largest absolute Gasteiger partial charge is 0.363 e. The zero-order chi connectivity index (χ0) is 14.0. The first-order chi connectivity index (χ1) is 9.01. The summed E-state index contributed by atoms with van der Waals surface area (Å²) in [7, 11) is 0. The lowest BCUT2D eigenvalue weighted by molar-refractivity contribution is 0.531. The highest BCUT2D eigenvalue weighted by Gasteiger charge is 2.23. The van der Waals surface area contributed by atoms with E-state index in [4.69, 9.17) is 22.6 Å². The molecule has 0 amide bonds. The molecule has 1 aromatic rings. The molecule has 3 N–H and O–H groups in total.